The van der Waals surface area contributed by atoms with Crippen molar-refractivity contribution in [3.05, 3.63) is 60.9 Å². The van der Waals surface area contributed by atoms with Crippen LogP contribution in [0, 0.1) is 0 Å². The number of para-hydroxylation sites is 1. The number of methoxy groups -OCH3 is 1. The Morgan fingerprint density at radius 2 is 1.79 bits per heavy atom. The summed E-state index contributed by atoms with van der Waals surface area (Å²) in [5, 5.41) is 5.26. The molecule has 2 heterocycles. The molecule has 2 N–H and O–H groups in total. The SMILES string of the molecule is COc1cc(Nc2c3ccccc3nc3ccncc23)ccc1NS(C)(=O)=O. The molecule has 0 radical (unpaired) electrons. The summed E-state index contributed by atoms with van der Waals surface area (Å²) in [7, 11) is -1.91. The van der Waals surface area contributed by atoms with E-state index in [-0.39, 0.29) is 0 Å². The highest BCUT2D eigenvalue weighted by Gasteiger charge is 2.12. The van der Waals surface area contributed by atoms with Crippen molar-refractivity contribution in [2.24, 2.45) is 0 Å². The zero-order chi connectivity index (χ0) is 19.7. The fraction of sp³-hybridized carbons (Fsp3) is 0.100. The summed E-state index contributed by atoms with van der Waals surface area (Å²) in [4.78, 5) is 8.92. The van der Waals surface area contributed by atoms with E-state index in [1.54, 1.807) is 30.6 Å². The van der Waals surface area contributed by atoms with Gasteiger partial charge in [-0.25, -0.2) is 13.4 Å². The lowest BCUT2D eigenvalue weighted by atomic mass is 10.1. The van der Waals surface area contributed by atoms with E-state index in [9.17, 15) is 8.42 Å². The molecule has 142 valence electrons. The lowest BCUT2D eigenvalue weighted by Crippen LogP contribution is -2.10. The molecular formula is C20H18N4O3S. The van der Waals surface area contributed by atoms with Gasteiger partial charge in [0.05, 0.1) is 35.8 Å². The normalized spacial score (nSPS) is 11.5. The zero-order valence-electron chi connectivity index (χ0n) is 15.3. The van der Waals surface area contributed by atoms with Crippen LogP contribution in [-0.4, -0.2) is 31.8 Å². The van der Waals surface area contributed by atoms with Crippen molar-refractivity contribution in [3.63, 3.8) is 0 Å². The molecule has 2 aromatic carbocycles. The van der Waals surface area contributed by atoms with E-state index in [0.717, 1.165) is 39.4 Å². The van der Waals surface area contributed by atoms with Gasteiger partial charge in [0.15, 0.2) is 0 Å². The molecule has 28 heavy (non-hydrogen) atoms. The van der Waals surface area contributed by atoms with Gasteiger partial charge < -0.3 is 10.1 Å². The van der Waals surface area contributed by atoms with Crippen molar-refractivity contribution in [2.75, 3.05) is 23.4 Å². The van der Waals surface area contributed by atoms with E-state index < -0.39 is 10.0 Å². The van der Waals surface area contributed by atoms with E-state index in [1.807, 2.05) is 30.3 Å². The molecule has 0 atom stereocenters. The number of fused-ring (bicyclic) bond motifs is 2. The predicted molar refractivity (Wildman–Crippen MR) is 112 cm³/mol. The van der Waals surface area contributed by atoms with Crippen LogP contribution in [0.25, 0.3) is 21.8 Å². The minimum absolute atomic E-state index is 0.377. The van der Waals surface area contributed by atoms with Gasteiger partial charge in [-0.1, -0.05) is 18.2 Å². The van der Waals surface area contributed by atoms with E-state index in [1.165, 1.54) is 7.11 Å². The molecule has 7 nitrogen and oxygen atoms in total. The van der Waals surface area contributed by atoms with Crippen molar-refractivity contribution in [3.8, 4) is 5.75 Å². The number of benzene rings is 2. The number of nitrogens with zero attached hydrogens (tertiary/aromatic N) is 2. The number of rotatable bonds is 5. The minimum atomic E-state index is -3.41. The molecule has 0 saturated carbocycles. The second-order valence-corrected chi connectivity index (χ2v) is 8.06. The average molecular weight is 394 g/mol. The van der Waals surface area contributed by atoms with Gasteiger partial charge in [-0.3, -0.25) is 9.71 Å². The summed E-state index contributed by atoms with van der Waals surface area (Å²) in [6, 6.07) is 14.9. The molecule has 0 aliphatic rings. The zero-order valence-corrected chi connectivity index (χ0v) is 16.1. The molecule has 4 rings (SSSR count). The summed E-state index contributed by atoms with van der Waals surface area (Å²) in [5.74, 6) is 0.413. The lowest BCUT2D eigenvalue weighted by Gasteiger charge is -2.15. The Morgan fingerprint density at radius 1 is 1.00 bits per heavy atom. The molecule has 0 fully saturated rings. The first kappa shape index (κ1) is 18.0. The Hall–Kier alpha value is -3.39. The fourth-order valence-electron chi connectivity index (χ4n) is 3.07. The Labute approximate surface area is 162 Å². The molecule has 2 aromatic heterocycles. The van der Waals surface area contributed by atoms with E-state index in [0.29, 0.717) is 11.4 Å². The smallest absolute Gasteiger partial charge is 0.229 e. The maximum absolute atomic E-state index is 11.5. The van der Waals surface area contributed by atoms with Crippen LogP contribution >= 0.6 is 0 Å². The Kier molecular flexibility index (Phi) is 4.48. The molecule has 8 heteroatoms. The van der Waals surface area contributed by atoms with Crippen LogP contribution in [0.3, 0.4) is 0 Å². The Balaban J connectivity index is 1.83. The number of anilines is 3. The molecule has 0 aliphatic heterocycles. The molecular weight excluding hydrogens is 376 g/mol. The minimum Gasteiger partial charge on any atom is -0.494 e. The second-order valence-electron chi connectivity index (χ2n) is 6.31. The van der Waals surface area contributed by atoms with E-state index >= 15 is 0 Å². The van der Waals surface area contributed by atoms with Crippen LogP contribution < -0.4 is 14.8 Å². The number of sulfonamides is 1. The van der Waals surface area contributed by atoms with Crippen LogP contribution in [0.1, 0.15) is 0 Å². The summed E-state index contributed by atoms with van der Waals surface area (Å²) in [6.45, 7) is 0. The molecule has 0 saturated heterocycles. The largest absolute Gasteiger partial charge is 0.494 e. The summed E-state index contributed by atoms with van der Waals surface area (Å²) in [6.07, 6.45) is 4.58. The van der Waals surface area contributed by atoms with Crippen molar-refractivity contribution in [1.82, 2.24) is 9.97 Å². The van der Waals surface area contributed by atoms with Gasteiger partial charge in [0.1, 0.15) is 5.75 Å². The average Bonchev–Trinajstić information content (AvgIpc) is 2.67. The van der Waals surface area contributed by atoms with Crippen LogP contribution in [0.4, 0.5) is 17.1 Å². The van der Waals surface area contributed by atoms with Gasteiger partial charge >= 0.3 is 0 Å². The third kappa shape index (κ3) is 3.54. The second kappa shape index (κ2) is 6.97. The standard InChI is InChI=1S/C20H18N4O3S/c1-27-19-11-13(7-8-18(19)24-28(2,25)26)22-20-14-5-3-4-6-16(14)23-17-9-10-21-12-15(17)20/h3-12,24H,1-2H3,(H,22,23). The molecule has 0 unspecified atom stereocenters. The van der Waals surface area contributed by atoms with Crippen molar-refractivity contribution in [2.45, 2.75) is 0 Å². The molecule has 0 bridgehead atoms. The van der Waals surface area contributed by atoms with Crippen LogP contribution in [0.5, 0.6) is 5.75 Å². The van der Waals surface area contributed by atoms with Gasteiger partial charge in [-0.2, -0.15) is 0 Å². The number of pyridine rings is 2. The first-order valence-corrected chi connectivity index (χ1v) is 10.4. The van der Waals surface area contributed by atoms with Crippen LogP contribution in [-0.2, 0) is 10.0 Å². The van der Waals surface area contributed by atoms with E-state index in [4.69, 9.17) is 4.74 Å². The number of hydrogen-bond donors (Lipinski definition) is 2. The molecule has 0 amide bonds. The monoisotopic (exact) mass is 394 g/mol. The maximum Gasteiger partial charge on any atom is 0.229 e. The van der Waals surface area contributed by atoms with E-state index in [2.05, 4.69) is 20.0 Å². The molecule has 0 aliphatic carbocycles. The first-order chi connectivity index (χ1) is 13.4. The van der Waals surface area contributed by atoms with Crippen LogP contribution in [0.15, 0.2) is 60.9 Å². The quantitative estimate of drug-likeness (QED) is 0.499. The fourth-order valence-corrected chi connectivity index (χ4v) is 3.63. The highest BCUT2D eigenvalue weighted by Crippen LogP contribution is 2.35. The van der Waals surface area contributed by atoms with Crippen molar-refractivity contribution < 1.29 is 13.2 Å². The summed E-state index contributed by atoms with van der Waals surface area (Å²) in [5.41, 5.74) is 3.70. The van der Waals surface area contributed by atoms with Crippen molar-refractivity contribution >= 4 is 48.9 Å². The van der Waals surface area contributed by atoms with Crippen molar-refractivity contribution in [1.29, 1.82) is 0 Å². The molecule has 0 spiro atoms. The Bertz CT molecular complexity index is 1240. The first-order valence-electron chi connectivity index (χ1n) is 8.50. The van der Waals surface area contributed by atoms with Gasteiger partial charge in [0, 0.05) is 34.9 Å². The number of nitrogens with one attached hydrogen (secondary N) is 2. The summed E-state index contributed by atoms with van der Waals surface area (Å²) < 4.78 is 30.9. The third-order valence-electron chi connectivity index (χ3n) is 4.25. The Morgan fingerprint density at radius 3 is 2.57 bits per heavy atom. The number of aromatic nitrogens is 2. The van der Waals surface area contributed by atoms with Gasteiger partial charge in [0.2, 0.25) is 10.0 Å². The van der Waals surface area contributed by atoms with Gasteiger partial charge in [-0.15, -0.1) is 0 Å². The lowest BCUT2D eigenvalue weighted by molar-refractivity contribution is 0.417. The highest BCUT2D eigenvalue weighted by atomic mass is 32.2. The summed E-state index contributed by atoms with van der Waals surface area (Å²) >= 11 is 0. The number of ether oxygens (including phenoxy) is 1. The predicted octanol–water partition coefficient (Wildman–Crippen LogP) is 3.91. The third-order valence-corrected chi connectivity index (χ3v) is 4.84. The molecule has 4 aromatic rings. The number of hydrogen-bond acceptors (Lipinski definition) is 6. The maximum atomic E-state index is 11.5. The topological polar surface area (TPSA) is 93.2 Å². The van der Waals surface area contributed by atoms with Crippen LogP contribution in [0.2, 0.25) is 0 Å². The van der Waals surface area contributed by atoms with Gasteiger partial charge in [0.25, 0.3) is 0 Å². The van der Waals surface area contributed by atoms with Gasteiger partial charge in [-0.05, 0) is 24.3 Å². The highest BCUT2D eigenvalue weighted by molar-refractivity contribution is 7.92.